The molecule has 0 aromatic heterocycles. The number of thioether (sulfide) groups is 1. The number of amides is 2. The third kappa shape index (κ3) is 4.13. The maximum atomic E-state index is 12.7. The largest absolute Gasteiger partial charge is 0.493 e. The molecule has 1 heterocycles. The number of halogens is 1. The fraction of sp³-hybridized carbons (Fsp3) is 0.105. The first-order valence-electron chi connectivity index (χ1n) is 7.96. The highest BCUT2D eigenvalue weighted by Crippen LogP contribution is 2.39. The highest BCUT2D eigenvalue weighted by Gasteiger charge is 2.36. The number of carboxylic acids is 1. The van der Waals surface area contributed by atoms with E-state index in [1.54, 1.807) is 36.4 Å². The van der Waals surface area contributed by atoms with Crippen LogP contribution in [0, 0.1) is 0 Å². The molecule has 0 radical (unpaired) electrons. The summed E-state index contributed by atoms with van der Waals surface area (Å²) in [7, 11) is 1.38. The van der Waals surface area contributed by atoms with Crippen molar-refractivity contribution in [2.45, 2.75) is 0 Å². The number of benzene rings is 2. The van der Waals surface area contributed by atoms with Crippen molar-refractivity contribution < 1.29 is 29.0 Å². The second kappa shape index (κ2) is 8.37. The molecule has 2 aromatic carbocycles. The van der Waals surface area contributed by atoms with Crippen molar-refractivity contribution in [3.8, 4) is 11.5 Å². The van der Waals surface area contributed by atoms with Crippen LogP contribution in [0.3, 0.4) is 0 Å². The highest BCUT2D eigenvalue weighted by molar-refractivity contribution is 8.19. The van der Waals surface area contributed by atoms with Gasteiger partial charge in [0.1, 0.15) is 0 Å². The Morgan fingerprint density at radius 2 is 1.96 bits per heavy atom. The van der Waals surface area contributed by atoms with Gasteiger partial charge in [-0.15, -0.1) is 0 Å². The number of aliphatic carboxylic acids is 1. The topological polar surface area (TPSA) is 93.1 Å². The number of para-hydroxylation sites is 1. The number of hydrogen-bond donors (Lipinski definition) is 1. The third-order valence-electron chi connectivity index (χ3n) is 3.70. The number of nitrogens with zero attached hydrogens (tertiary/aromatic N) is 1. The van der Waals surface area contributed by atoms with Gasteiger partial charge in [0.25, 0.3) is 11.1 Å². The molecular formula is C19H14ClNO6S. The van der Waals surface area contributed by atoms with Crippen LogP contribution in [-0.2, 0) is 9.59 Å². The van der Waals surface area contributed by atoms with Crippen molar-refractivity contribution in [2.24, 2.45) is 0 Å². The summed E-state index contributed by atoms with van der Waals surface area (Å²) >= 11 is 6.99. The van der Waals surface area contributed by atoms with Crippen LogP contribution in [-0.4, -0.2) is 35.9 Å². The Hall–Kier alpha value is -2.97. The minimum Gasteiger partial charge on any atom is -0.493 e. The Morgan fingerprint density at radius 1 is 1.25 bits per heavy atom. The first-order chi connectivity index (χ1) is 13.4. The van der Waals surface area contributed by atoms with E-state index in [4.69, 9.17) is 26.2 Å². The van der Waals surface area contributed by atoms with Gasteiger partial charge in [0.05, 0.1) is 22.7 Å². The fourth-order valence-corrected chi connectivity index (χ4v) is 3.63. The van der Waals surface area contributed by atoms with Gasteiger partial charge in [-0.05, 0) is 47.7 Å². The Morgan fingerprint density at radius 3 is 2.61 bits per heavy atom. The zero-order valence-electron chi connectivity index (χ0n) is 14.5. The molecule has 28 heavy (non-hydrogen) atoms. The van der Waals surface area contributed by atoms with E-state index in [0.717, 1.165) is 16.7 Å². The zero-order valence-corrected chi connectivity index (χ0v) is 16.1. The molecule has 2 amide bonds. The molecule has 2 aromatic rings. The van der Waals surface area contributed by atoms with Crippen LogP contribution in [0.2, 0.25) is 5.02 Å². The highest BCUT2D eigenvalue weighted by atomic mass is 35.5. The van der Waals surface area contributed by atoms with E-state index in [1.165, 1.54) is 19.3 Å². The molecule has 0 bridgehead atoms. The summed E-state index contributed by atoms with van der Waals surface area (Å²) in [6.45, 7) is -0.578. The lowest BCUT2D eigenvalue weighted by Crippen LogP contribution is -2.27. The minimum absolute atomic E-state index is 0.0844. The van der Waals surface area contributed by atoms with Crippen molar-refractivity contribution in [1.82, 2.24) is 0 Å². The van der Waals surface area contributed by atoms with E-state index >= 15 is 0 Å². The van der Waals surface area contributed by atoms with E-state index in [2.05, 4.69) is 0 Å². The van der Waals surface area contributed by atoms with Crippen LogP contribution < -0.4 is 14.4 Å². The fourth-order valence-electron chi connectivity index (χ4n) is 2.52. The van der Waals surface area contributed by atoms with Crippen LogP contribution in [0.4, 0.5) is 10.5 Å². The van der Waals surface area contributed by atoms with Gasteiger partial charge in [-0.3, -0.25) is 9.59 Å². The van der Waals surface area contributed by atoms with E-state index in [-0.39, 0.29) is 21.4 Å². The van der Waals surface area contributed by atoms with E-state index in [0.29, 0.717) is 11.3 Å². The number of carbonyl (C=O) groups excluding carboxylic acids is 2. The van der Waals surface area contributed by atoms with Gasteiger partial charge in [-0.1, -0.05) is 29.8 Å². The maximum absolute atomic E-state index is 12.7. The lowest BCUT2D eigenvalue weighted by molar-refractivity contribution is -0.139. The summed E-state index contributed by atoms with van der Waals surface area (Å²) in [5, 5.41) is 8.47. The molecule has 1 aliphatic heterocycles. The quantitative estimate of drug-likeness (QED) is 0.706. The van der Waals surface area contributed by atoms with Crippen molar-refractivity contribution in [3.63, 3.8) is 0 Å². The molecule has 3 rings (SSSR count). The first-order valence-corrected chi connectivity index (χ1v) is 9.15. The molecule has 0 aliphatic carbocycles. The average molecular weight is 420 g/mol. The molecule has 0 atom stereocenters. The van der Waals surface area contributed by atoms with Crippen molar-refractivity contribution in [1.29, 1.82) is 0 Å². The van der Waals surface area contributed by atoms with E-state index < -0.39 is 23.7 Å². The number of hydrogen-bond acceptors (Lipinski definition) is 6. The molecule has 1 N–H and O–H groups in total. The molecule has 9 heteroatoms. The SMILES string of the molecule is COc1cc(/C=C2\SC(=O)N(c3ccccc3)C2=O)cc(Cl)c1OCC(=O)O. The van der Waals surface area contributed by atoms with Crippen molar-refractivity contribution >= 4 is 52.2 Å². The van der Waals surface area contributed by atoms with Crippen LogP contribution in [0.1, 0.15) is 5.56 Å². The summed E-state index contributed by atoms with van der Waals surface area (Å²) in [6, 6.07) is 11.7. The smallest absolute Gasteiger partial charge is 0.341 e. The number of rotatable bonds is 6. The number of ether oxygens (including phenoxy) is 2. The molecule has 1 saturated heterocycles. The summed E-state index contributed by atoms with van der Waals surface area (Å²) in [6.07, 6.45) is 1.52. The van der Waals surface area contributed by atoms with E-state index in [1.807, 2.05) is 0 Å². The standard InChI is InChI=1S/C19H14ClNO6S/c1-26-14-8-11(7-13(20)17(14)27-10-16(22)23)9-15-18(24)21(19(25)28-15)12-5-3-2-4-6-12/h2-9H,10H2,1H3,(H,22,23)/b15-9-. The Bertz CT molecular complexity index is 976. The zero-order chi connectivity index (χ0) is 20.3. The van der Waals surface area contributed by atoms with Crippen LogP contribution in [0.5, 0.6) is 11.5 Å². The molecule has 0 unspecified atom stereocenters. The second-order valence-corrected chi connectivity index (χ2v) is 6.97. The lowest BCUT2D eigenvalue weighted by atomic mass is 10.1. The normalized spacial score (nSPS) is 15.2. The van der Waals surface area contributed by atoms with Gasteiger partial charge in [0.2, 0.25) is 0 Å². The number of anilines is 1. The second-order valence-electron chi connectivity index (χ2n) is 5.57. The monoisotopic (exact) mass is 419 g/mol. The lowest BCUT2D eigenvalue weighted by Gasteiger charge is -2.12. The summed E-state index contributed by atoms with van der Waals surface area (Å²) in [5.41, 5.74) is 0.990. The Kier molecular flexibility index (Phi) is 5.91. The number of carbonyl (C=O) groups is 3. The molecule has 1 fully saturated rings. The van der Waals surface area contributed by atoms with Gasteiger partial charge in [0.15, 0.2) is 18.1 Å². The summed E-state index contributed by atoms with van der Waals surface area (Å²) in [4.78, 5) is 37.0. The van der Waals surface area contributed by atoms with Crippen LogP contribution in [0.15, 0.2) is 47.4 Å². The van der Waals surface area contributed by atoms with Gasteiger partial charge in [-0.2, -0.15) is 0 Å². The van der Waals surface area contributed by atoms with Gasteiger partial charge in [0, 0.05) is 0 Å². The molecule has 1 aliphatic rings. The molecule has 144 valence electrons. The van der Waals surface area contributed by atoms with E-state index in [9.17, 15) is 14.4 Å². The van der Waals surface area contributed by atoms with Crippen molar-refractivity contribution in [3.05, 3.63) is 58.0 Å². The third-order valence-corrected chi connectivity index (χ3v) is 4.85. The summed E-state index contributed by atoms with van der Waals surface area (Å²) < 4.78 is 10.3. The van der Waals surface area contributed by atoms with Crippen molar-refractivity contribution in [2.75, 3.05) is 18.6 Å². The molecular weight excluding hydrogens is 406 g/mol. The number of imide groups is 1. The average Bonchev–Trinajstić information content (AvgIpc) is 2.94. The van der Waals surface area contributed by atoms with Gasteiger partial charge < -0.3 is 14.6 Å². The molecule has 0 saturated carbocycles. The Labute approximate surface area is 169 Å². The molecule has 0 spiro atoms. The summed E-state index contributed by atoms with van der Waals surface area (Å²) in [5.74, 6) is -1.30. The predicted octanol–water partition coefficient (Wildman–Crippen LogP) is 4.05. The first kappa shape index (κ1) is 19.8. The maximum Gasteiger partial charge on any atom is 0.341 e. The van der Waals surface area contributed by atoms with Gasteiger partial charge >= 0.3 is 5.97 Å². The van der Waals surface area contributed by atoms with Gasteiger partial charge in [-0.25, -0.2) is 9.69 Å². The number of carboxylic acid groups (broad SMARTS) is 1. The van der Waals surface area contributed by atoms with Crippen LogP contribution >= 0.6 is 23.4 Å². The minimum atomic E-state index is -1.16. The Balaban J connectivity index is 1.91. The van der Waals surface area contributed by atoms with Crippen LogP contribution in [0.25, 0.3) is 6.08 Å². The predicted molar refractivity (Wildman–Crippen MR) is 106 cm³/mol. The molecule has 7 nitrogen and oxygen atoms in total. The number of methoxy groups -OCH3 is 1.